The number of hydrogen-bond donors (Lipinski definition) is 0. The van der Waals surface area contributed by atoms with Crippen LogP contribution in [-0.2, 0) is 6.54 Å². The summed E-state index contributed by atoms with van der Waals surface area (Å²) in [5.74, 6) is 1.15. The summed E-state index contributed by atoms with van der Waals surface area (Å²) in [5, 5.41) is 4.51. The topological polar surface area (TPSA) is 93.0 Å². The van der Waals surface area contributed by atoms with Crippen LogP contribution in [0.3, 0.4) is 0 Å². The molecule has 0 radical (unpaired) electrons. The zero-order valence-corrected chi connectivity index (χ0v) is 14.8. The highest BCUT2D eigenvalue weighted by Crippen LogP contribution is 2.22. The Morgan fingerprint density at radius 1 is 1.08 bits per heavy atom. The Kier molecular flexibility index (Phi) is 5.66. The van der Waals surface area contributed by atoms with Crippen molar-refractivity contribution in [3.05, 3.63) is 69.3 Å². The van der Waals surface area contributed by atoms with Crippen molar-refractivity contribution in [2.24, 2.45) is 5.11 Å². The number of halogens is 1. The molecule has 8 heteroatoms. The fourth-order valence-corrected chi connectivity index (χ4v) is 2.59. The molecule has 0 amide bonds. The van der Waals surface area contributed by atoms with Gasteiger partial charge in [-0.25, -0.2) is 4.98 Å². The zero-order chi connectivity index (χ0) is 17.5. The minimum atomic E-state index is 0.268. The fourth-order valence-electron chi connectivity index (χ4n) is 2.21. The molecule has 0 bridgehead atoms. The Morgan fingerprint density at radius 2 is 1.96 bits per heavy atom. The third-order valence-corrected chi connectivity index (χ3v) is 3.83. The Hall–Kier alpha value is -2.83. The van der Waals surface area contributed by atoms with Crippen LogP contribution in [0.1, 0.15) is 5.56 Å². The molecule has 2 heterocycles. The van der Waals surface area contributed by atoms with Gasteiger partial charge in [0.15, 0.2) is 0 Å². The van der Waals surface area contributed by atoms with Crippen molar-refractivity contribution < 1.29 is 9.47 Å². The second-order valence-corrected chi connectivity index (χ2v) is 6.01. The average molecular weight is 400 g/mol. The fraction of sp³-hybridized carbons (Fsp3) is 0.176. The van der Waals surface area contributed by atoms with Crippen molar-refractivity contribution in [2.45, 2.75) is 6.54 Å². The Labute approximate surface area is 152 Å². The molecule has 25 heavy (non-hydrogen) atoms. The predicted molar refractivity (Wildman–Crippen MR) is 97.5 cm³/mol. The summed E-state index contributed by atoms with van der Waals surface area (Å²) in [6, 6.07) is 11.3. The van der Waals surface area contributed by atoms with E-state index in [-0.39, 0.29) is 6.54 Å². The number of rotatable bonds is 7. The maximum absolute atomic E-state index is 8.35. The van der Waals surface area contributed by atoms with Gasteiger partial charge in [-0.15, -0.1) is 0 Å². The number of ether oxygens (including phenoxy) is 2. The van der Waals surface area contributed by atoms with Crippen LogP contribution in [-0.4, -0.2) is 23.2 Å². The Morgan fingerprint density at radius 3 is 2.84 bits per heavy atom. The van der Waals surface area contributed by atoms with E-state index in [1.807, 2.05) is 24.3 Å². The van der Waals surface area contributed by atoms with Gasteiger partial charge in [-0.2, -0.15) is 0 Å². The first-order chi connectivity index (χ1) is 12.2. The molecule has 2 aromatic heterocycles. The van der Waals surface area contributed by atoms with Gasteiger partial charge in [-0.3, -0.25) is 4.98 Å². The third kappa shape index (κ3) is 4.82. The molecule has 0 aliphatic heterocycles. The van der Waals surface area contributed by atoms with Gasteiger partial charge in [-0.05, 0) is 41.4 Å². The van der Waals surface area contributed by atoms with Crippen molar-refractivity contribution in [1.29, 1.82) is 0 Å². The molecule has 126 valence electrons. The summed E-state index contributed by atoms with van der Waals surface area (Å²) in [7, 11) is 0. The van der Waals surface area contributed by atoms with Crippen LogP contribution in [0.15, 0.2) is 58.4 Å². The normalized spacial score (nSPS) is 10.3. The SMILES string of the molecule is [N-]=[N+]=NCc1ccnc(OCCOc2cnc3ccc(Br)cc3c2)c1. The molecule has 7 nitrogen and oxygen atoms in total. The van der Waals surface area contributed by atoms with Crippen molar-refractivity contribution in [3.8, 4) is 11.6 Å². The van der Waals surface area contributed by atoms with Crippen molar-refractivity contribution >= 4 is 26.8 Å². The lowest BCUT2D eigenvalue weighted by Crippen LogP contribution is -2.10. The highest BCUT2D eigenvalue weighted by molar-refractivity contribution is 9.10. The summed E-state index contributed by atoms with van der Waals surface area (Å²) >= 11 is 3.45. The quantitative estimate of drug-likeness (QED) is 0.250. The van der Waals surface area contributed by atoms with Gasteiger partial charge in [0.1, 0.15) is 19.0 Å². The van der Waals surface area contributed by atoms with Crippen LogP contribution >= 0.6 is 15.9 Å². The summed E-state index contributed by atoms with van der Waals surface area (Å²) in [4.78, 5) is 11.2. The summed E-state index contributed by atoms with van der Waals surface area (Å²) in [6.45, 7) is 0.974. The molecule has 0 saturated heterocycles. The summed E-state index contributed by atoms with van der Waals surface area (Å²) in [6.07, 6.45) is 3.30. The number of azide groups is 1. The van der Waals surface area contributed by atoms with E-state index in [1.165, 1.54) is 0 Å². The van der Waals surface area contributed by atoms with Crippen LogP contribution in [0.4, 0.5) is 0 Å². The molecule has 0 spiro atoms. The van der Waals surface area contributed by atoms with E-state index in [9.17, 15) is 0 Å². The lowest BCUT2D eigenvalue weighted by Gasteiger charge is -2.09. The van der Waals surface area contributed by atoms with Gasteiger partial charge < -0.3 is 9.47 Å². The van der Waals surface area contributed by atoms with Crippen LogP contribution in [0, 0.1) is 0 Å². The van der Waals surface area contributed by atoms with E-state index < -0.39 is 0 Å². The molecular weight excluding hydrogens is 386 g/mol. The zero-order valence-electron chi connectivity index (χ0n) is 13.2. The smallest absolute Gasteiger partial charge is 0.213 e. The number of aromatic nitrogens is 2. The van der Waals surface area contributed by atoms with E-state index in [1.54, 1.807) is 24.5 Å². The lowest BCUT2D eigenvalue weighted by molar-refractivity contribution is 0.211. The van der Waals surface area contributed by atoms with E-state index in [0.29, 0.717) is 24.8 Å². The summed E-state index contributed by atoms with van der Waals surface area (Å²) in [5.41, 5.74) is 10.1. The summed E-state index contributed by atoms with van der Waals surface area (Å²) < 4.78 is 12.2. The highest BCUT2D eigenvalue weighted by atomic mass is 79.9. The molecule has 0 saturated carbocycles. The van der Waals surface area contributed by atoms with E-state index in [4.69, 9.17) is 15.0 Å². The van der Waals surface area contributed by atoms with Crippen LogP contribution in [0.5, 0.6) is 11.6 Å². The first-order valence-corrected chi connectivity index (χ1v) is 8.30. The lowest BCUT2D eigenvalue weighted by atomic mass is 10.2. The van der Waals surface area contributed by atoms with E-state index in [2.05, 4.69) is 35.9 Å². The van der Waals surface area contributed by atoms with Crippen molar-refractivity contribution in [2.75, 3.05) is 13.2 Å². The van der Waals surface area contributed by atoms with Gasteiger partial charge >= 0.3 is 0 Å². The van der Waals surface area contributed by atoms with Gasteiger partial charge in [0.2, 0.25) is 5.88 Å². The van der Waals surface area contributed by atoms with E-state index in [0.717, 1.165) is 20.9 Å². The Bertz CT molecular complexity index is 928. The molecule has 3 rings (SSSR count). The number of hydrogen-bond acceptors (Lipinski definition) is 5. The second kappa shape index (κ2) is 8.32. The van der Waals surface area contributed by atoms with Gasteiger partial charge in [-0.1, -0.05) is 21.0 Å². The van der Waals surface area contributed by atoms with Gasteiger partial charge in [0.05, 0.1) is 18.3 Å². The number of fused-ring (bicyclic) bond motifs is 1. The number of benzene rings is 1. The molecule has 0 unspecified atom stereocenters. The minimum Gasteiger partial charge on any atom is -0.488 e. The average Bonchev–Trinajstić information content (AvgIpc) is 2.63. The van der Waals surface area contributed by atoms with E-state index >= 15 is 0 Å². The maximum Gasteiger partial charge on any atom is 0.213 e. The Balaban J connectivity index is 1.54. The largest absolute Gasteiger partial charge is 0.488 e. The highest BCUT2D eigenvalue weighted by Gasteiger charge is 2.01. The predicted octanol–water partition coefficient (Wildman–Crippen LogP) is 4.66. The van der Waals surface area contributed by atoms with Crippen LogP contribution < -0.4 is 9.47 Å². The van der Waals surface area contributed by atoms with Crippen molar-refractivity contribution in [1.82, 2.24) is 9.97 Å². The first kappa shape index (κ1) is 17.0. The molecule has 0 N–H and O–H groups in total. The molecule has 0 aliphatic rings. The maximum atomic E-state index is 8.35. The van der Waals surface area contributed by atoms with Gasteiger partial charge in [0.25, 0.3) is 0 Å². The molecule has 0 aliphatic carbocycles. The number of nitrogens with zero attached hydrogens (tertiary/aromatic N) is 5. The monoisotopic (exact) mass is 399 g/mol. The van der Waals surface area contributed by atoms with Crippen LogP contribution in [0.2, 0.25) is 0 Å². The second-order valence-electron chi connectivity index (χ2n) is 5.10. The molecule has 1 aromatic carbocycles. The van der Waals surface area contributed by atoms with Crippen molar-refractivity contribution in [3.63, 3.8) is 0 Å². The third-order valence-electron chi connectivity index (χ3n) is 3.34. The first-order valence-electron chi connectivity index (χ1n) is 7.51. The molecule has 3 aromatic rings. The molecular formula is C17H14BrN5O2. The molecule has 0 atom stereocenters. The minimum absolute atomic E-state index is 0.268. The number of pyridine rings is 2. The van der Waals surface area contributed by atoms with Crippen LogP contribution in [0.25, 0.3) is 21.3 Å². The van der Waals surface area contributed by atoms with Gasteiger partial charge in [0, 0.05) is 27.0 Å². The molecule has 0 fully saturated rings. The standard InChI is InChI=1S/C17H14BrN5O2/c18-14-1-2-16-13(8-14)9-15(11-21-16)24-5-6-25-17-7-12(3-4-20-17)10-22-23-19/h1-4,7-9,11H,5-6,10H2.